The molecule has 0 heterocycles. The Morgan fingerprint density at radius 3 is 1.87 bits per heavy atom. The molecule has 5 rings (SSSR count). The van der Waals surface area contributed by atoms with Gasteiger partial charge in [0.25, 0.3) is 5.91 Å². The molecule has 0 unspecified atom stereocenters. The molecule has 3 amide bonds. The number of aryl methyl sites for hydroxylation is 6. The number of nitrogens with one attached hydrogen (secondary N) is 3. The van der Waals surface area contributed by atoms with E-state index >= 15 is 0 Å². The Kier molecular flexibility index (Phi) is 14.1. The highest BCUT2D eigenvalue weighted by Crippen LogP contribution is 2.31. The molecule has 284 valence electrons. The summed E-state index contributed by atoms with van der Waals surface area (Å²) in [7, 11) is 0. The van der Waals surface area contributed by atoms with E-state index in [1.165, 1.54) is 5.56 Å². The number of rotatable bonds is 8. The van der Waals surface area contributed by atoms with Crippen LogP contribution < -0.4 is 16.0 Å². The van der Waals surface area contributed by atoms with Gasteiger partial charge in [-0.2, -0.15) is 4.99 Å². The summed E-state index contributed by atoms with van der Waals surface area (Å²) in [6.07, 6.45) is 6.40. The Morgan fingerprint density at radius 1 is 0.741 bits per heavy atom. The Hall–Kier alpha value is -5.53. The smallest absolute Gasteiger partial charge is 0.329 e. The summed E-state index contributed by atoms with van der Waals surface area (Å²) in [5.41, 5.74) is 9.46. The molecule has 1 fully saturated rings. The number of anilines is 2. The Balaban J connectivity index is 0.000000460. The van der Waals surface area contributed by atoms with Gasteiger partial charge in [-0.05, 0) is 127 Å². The van der Waals surface area contributed by atoms with Crippen LogP contribution in [0.5, 0.6) is 0 Å². The molecule has 0 bridgehead atoms. The molecule has 0 spiro atoms. The summed E-state index contributed by atoms with van der Waals surface area (Å²) in [5, 5.41) is 8.86. The van der Waals surface area contributed by atoms with Crippen LogP contribution in [0.2, 0.25) is 0 Å². The number of carbonyl (C=O) groups excluding carboxylic acids is 4. The highest BCUT2D eigenvalue weighted by atomic mass is 16.6. The quantitative estimate of drug-likeness (QED) is 0.0945. The summed E-state index contributed by atoms with van der Waals surface area (Å²) in [4.78, 5) is 54.1. The largest absolute Gasteiger partial charge is 0.458 e. The predicted octanol–water partition coefficient (Wildman–Crippen LogP) is 10.5. The van der Waals surface area contributed by atoms with Crippen molar-refractivity contribution in [3.8, 4) is 11.1 Å². The van der Waals surface area contributed by atoms with E-state index in [-0.39, 0.29) is 11.5 Å². The number of aliphatic imine (C=N–C) groups is 1. The van der Waals surface area contributed by atoms with E-state index in [2.05, 4.69) is 20.9 Å². The number of ether oxygens (including phenoxy) is 1. The van der Waals surface area contributed by atoms with Gasteiger partial charge in [-0.25, -0.2) is 14.4 Å². The Morgan fingerprint density at radius 2 is 1.31 bits per heavy atom. The van der Waals surface area contributed by atoms with E-state index in [4.69, 9.17) is 4.74 Å². The molecule has 1 atom stereocenters. The maximum Gasteiger partial charge on any atom is 0.329 e. The van der Waals surface area contributed by atoms with Crippen molar-refractivity contribution in [3.05, 3.63) is 112 Å². The highest BCUT2D eigenvalue weighted by molar-refractivity contribution is 6.08. The van der Waals surface area contributed by atoms with Gasteiger partial charge >= 0.3 is 12.0 Å². The van der Waals surface area contributed by atoms with Crippen molar-refractivity contribution in [2.24, 2.45) is 10.9 Å². The average molecular weight is 731 g/mol. The Bertz CT molecular complexity index is 1970. The van der Waals surface area contributed by atoms with Crippen molar-refractivity contribution >= 4 is 41.0 Å². The van der Waals surface area contributed by atoms with Gasteiger partial charge in [-0.1, -0.05) is 91.1 Å². The predicted molar refractivity (Wildman–Crippen MR) is 217 cm³/mol. The topological polar surface area (TPSA) is 126 Å². The molecule has 4 aromatic rings. The molecular weight excluding hydrogens is 677 g/mol. The number of hydrogen-bond donors (Lipinski definition) is 3. The number of nitrogens with zero attached hydrogens (tertiary/aromatic N) is 1. The highest BCUT2D eigenvalue weighted by Gasteiger charge is 2.35. The number of esters is 1. The SMILES string of the molecule is Cc1cc(C)c(N=C=O)c(C)c1.Cc1cc(C)c(NC(=O)Nc2cc(-c3ccccc3)ccc2C(=O)N[C@H](C(=O)OC(C)(C)C)C2CCCCC2)c(C)c1. The minimum Gasteiger partial charge on any atom is -0.458 e. The molecule has 0 saturated heterocycles. The van der Waals surface area contributed by atoms with Gasteiger partial charge in [0.1, 0.15) is 11.6 Å². The van der Waals surface area contributed by atoms with Crippen molar-refractivity contribution in [2.45, 2.75) is 106 Å². The van der Waals surface area contributed by atoms with Crippen LogP contribution in [0.3, 0.4) is 0 Å². The number of benzene rings is 4. The molecular formula is C45H54N4O5. The van der Waals surface area contributed by atoms with Crippen molar-refractivity contribution in [1.29, 1.82) is 0 Å². The van der Waals surface area contributed by atoms with Gasteiger partial charge in [0, 0.05) is 5.69 Å². The van der Waals surface area contributed by atoms with Gasteiger partial charge in [-0.15, -0.1) is 0 Å². The van der Waals surface area contributed by atoms with Crippen LogP contribution in [0.1, 0.15) is 96.6 Å². The van der Waals surface area contributed by atoms with Crippen LogP contribution in [0.25, 0.3) is 11.1 Å². The summed E-state index contributed by atoms with van der Waals surface area (Å²) >= 11 is 0. The van der Waals surface area contributed by atoms with Crippen molar-refractivity contribution < 1.29 is 23.9 Å². The van der Waals surface area contributed by atoms with Crippen LogP contribution >= 0.6 is 0 Å². The average Bonchev–Trinajstić information content (AvgIpc) is 3.10. The first-order valence-electron chi connectivity index (χ1n) is 18.6. The second kappa shape index (κ2) is 18.5. The van der Waals surface area contributed by atoms with Gasteiger partial charge in [0.15, 0.2) is 0 Å². The molecule has 9 nitrogen and oxygen atoms in total. The lowest BCUT2D eigenvalue weighted by atomic mass is 9.83. The lowest BCUT2D eigenvalue weighted by Crippen LogP contribution is -2.49. The van der Waals surface area contributed by atoms with Crippen molar-refractivity contribution in [3.63, 3.8) is 0 Å². The van der Waals surface area contributed by atoms with Gasteiger partial charge in [-0.3, -0.25) is 4.79 Å². The fourth-order valence-electron chi connectivity index (χ4n) is 7.12. The second-order valence-corrected chi connectivity index (χ2v) is 15.3. The van der Waals surface area contributed by atoms with Crippen molar-refractivity contribution in [1.82, 2.24) is 5.32 Å². The molecule has 54 heavy (non-hydrogen) atoms. The number of carbonyl (C=O) groups is 3. The van der Waals surface area contributed by atoms with E-state index in [1.807, 2.05) is 123 Å². The molecule has 1 saturated carbocycles. The standard InChI is InChI=1S/C35H43N3O4.C10H11NO/c1-22-19-23(2)30(24(3)20-22)38-34(41)36-29-21-27(25-13-9-7-10-14-25)17-18-28(29)32(39)37-31(26-15-11-8-12-16-26)33(40)42-35(4,5)6;1-7-4-8(2)10(11-6-12)9(3)5-7/h7,9-10,13-14,17-21,26,31H,8,11-12,15-16H2,1-6H3,(H,37,39)(H2,36,38,41);4-5H,1-3H3/t31-;/m0./s1. The zero-order chi connectivity index (χ0) is 39.6. The third-order valence-corrected chi connectivity index (χ3v) is 9.40. The summed E-state index contributed by atoms with van der Waals surface area (Å²) in [5.74, 6) is -0.872. The normalized spacial score (nSPS) is 13.4. The number of isocyanates is 1. The van der Waals surface area contributed by atoms with Crippen LogP contribution in [0, 0.1) is 47.5 Å². The fourth-order valence-corrected chi connectivity index (χ4v) is 7.12. The lowest BCUT2D eigenvalue weighted by molar-refractivity contribution is -0.159. The fraction of sp³-hybridized carbons (Fsp3) is 0.378. The van der Waals surface area contributed by atoms with Crippen molar-refractivity contribution in [2.75, 3.05) is 10.6 Å². The molecule has 1 aliphatic rings. The number of urea groups is 1. The molecule has 0 radical (unpaired) electrons. The number of amides is 3. The molecule has 1 aliphatic carbocycles. The van der Waals surface area contributed by atoms with E-state index in [1.54, 1.807) is 18.2 Å². The third-order valence-electron chi connectivity index (χ3n) is 9.40. The third kappa shape index (κ3) is 11.5. The first kappa shape index (κ1) is 41.2. The summed E-state index contributed by atoms with van der Waals surface area (Å²) in [6.45, 7) is 17.3. The maximum atomic E-state index is 13.8. The van der Waals surface area contributed by atoms with Gasteiger partial charge in [0.05, 0.1) is 16.9 Å². The summed E-state index contributed by atoms with van der Waals surface area (Å²) < 4.78 is 5.73. The van der Waals surface area contributed by atoms with E-state index in [0.29, 0.717) is 5.69 Å². The molecule has 0 aromatic heterocycles. The monoisotopic (exact) mass is 730 g/mol. The molecule has 3 N–H and O–H groups in total. The number of hydrogen-bond acceptors (Lipinski definition) is 6. The second-order valence-electron chi connectivity index (χ2n) is 15.3. The van der Waals surface area contributed by atoms with Crippen LogP contribution in [-0.4, -0.2) is 35.6 Å². The van der Waals surface area contributed by atoms with E-state index in [9.17, 15) is 19.2 Å². The van der Waals surface area contributed by atoms with E-state index < -0.39 is 29.6 Å². The maximum absolute atomic E-state index is 13.8. The van der Waals surface area contributed by atoms with Crippen LogP contribution in [0.4, 0.5) is 21.9 Å². The minimum absolute atomic E-state index is 0.00617. The zero-order valence-electron chi connectivity index (χ0n) is 33.1. The lowest BCUT2D eigenvalue weighted by Gasteiger charge is -2.32. The van der Waals surface area contributed by atoms with Crippen LogP contribution in [-0.2, 0) is 14.3 Å². The van der Waals surface area contributed by atoms with Gasteiger partial charge < -0.3 is 20.7 Å². The molecule has 9 heteroatoms. The van der Waals surface area contributed by atoms with Crippen LogP contribution in [0.15, 0.2) is 77.8 Å². The molecule has 0 aliphatic heterocycles. The minimum atomic E-state index is -0.773. The first-order valence-corrected chi connectivity index (χ1v) is 18.6. The van der Waals surface area contributed by atoms with E-state index in [0.717, 1.165) is 82.4 Å². The first-order chi connectivity index (χ1) is 25.6. The molecule has 4 aromatic carbocycles. The Labute approximate surface area is 320 Å². The zero-order valence-corrected chi connectivity index (χ0v) is 33.1. The van der Waals surface area contributed by atoms with Gasteiger partial charge in [0.2, 0.25) is 6.08 Å². The summed E-state index contributed by atoms with van der Waals surface area (Å²) in [6, 6.07) is 21.9.